The molecule has 3 N–H and O–H groups in total. The SMILES string of the molecule is CCC#CCN1CCN(C(=O)C2CC(n3cnnn3)NN2)CC(O)C1. The van der Waals surface area contributed by atoms with Gasteiger partial charge >= 0.3 is 0 Å². The Kier molecular flexibility index (Phi) is 5.93. The molecule has 2 fully saturated rings. The van der Waals surface area contributed by atoms with E-state index in [1.165, 1.54) is 6.33 Å². The molecular formula is C15H24N8O2. The Morgan fingerprint density at radius 2 is 2.20 bits per heavy atom. The fraction of sp³-hybridized carbons (Fsp3) is 0.733. The standard InChI is InChI=1S/C15H24N8O2/c1-2-3-4-5-21-6-7-22(10-12(24)9-21)15(25)13-8-14(18-17-13)23-11-16-19-20-23/h11-14,17-18,24H,2,5-10H2,1H3. The predicted molar refractivity (Wildman–Crippen MR) is 88.6 cm³/mol. The summed E-state index contributed by atoms with van der Waals surface area (Å²) in [6.45, 7) is 4.79. The third-order valence-corrected chi connectivity index (χ3v) is 4.37. The Bertz CT molecular complexity index is 625. The van der Waals surface area contributed by atoms with Crippen molar-refractivity contribution in [2.75, 3.05) is 32.7 Å². The van der Waals surface area contributed by atoms with Gasteiger partial charge in [-0.2, -0.15) is 0 Å². The van der Waals surface area contributed by atoms with E-state index in [1.54, 1.807) is 9.58 Å². The number of hydrazine groups is 1. The first kappa shape index (κ1) is 17.8. The van der Waals surface area contributed by atoms with Crippen LogP contribution >= 0.6 is 0 Å². The van der Waals surface area contributed by atoms with E-state index in [4.69, 9.17) is 0 Å². The van der Waals surface area contributed by atoms with Gasteiger partial charge in [-0.05, 0) is 10.4 Å². The molecule has 0 bridgehead atoms. The lowest BCUT2D eigenvalue weighted by molar-refractivity contribution is -0.134. The molecule has 10 heteroatoms. The van der Waals surface area contributed by atoms with E-state index in [0.717, 1.165) is 6.42 Å². The number of nitrogens with zero attached hydrogens (tertiary/aromatic N) is 6. The van der Waals surface area contributed by atoms with Gasteiger partial charge in [0.25, 0.3) is 0 Å². The van der Waals surface area contributed by atoms with E-state index >= 15 is 0 Å². The lowest BCUT2D eigenvalue weighted by Gasteiger charge is -2.24. The molecule has 2 saturated heterocycles. The summed E-state index contributed by atoms with van der Waals surface area (Å²) >= 11 is 0. The fourth-order valence-corrected chi connectivity index (χ4v) is 3.10. The zero-order valence-corrected chi connectivity index (χ0v) is 14.3. The highest BCUT2D eigenvalue weighted by molar-refractivity contribution is 5.82. The van der Waals surface area contributed by atoms with Gasteiger partial charge in [-0.15, -0.1) is 11.0 Å². The van der Waals surface area contributed by atoms with Crippen LogP contribution in [0.25, 0.3) is 0 Å². The van der Waals surface area contributed by atoms with Crippen LogP contribution < -0.4 is 10.9 Å². The van der Waals surface area contributed by atoms with Crippen molar-refractivity contribution in [1.82, 2.24) is 40.9 Å². The highest BCUT2D eigenvalue weighted by Crippen LogP contribution is 2.16. The number of aliphatic hydroxyl groups is 1. The molecule has 2 aliphatic heterocycles. The normalized spacial score (nSPS) is 27.6. The summed E-state index contributed by atoms with van der Waals surface area (Å²) in [4.78, 5) is 16.6. The van der Waals surface area contributed by atoms with Crippen molar-refractivity contribution >= 4 is 5.91 Å². The van der Waals surface area contributed by atoms with E-state index in [-0.39, 0.29) is 18.1 Å². The van der Waals surface area contributed by atoms with Gasteiger partial charge in [-0.25, -0.2) is 15.5 Å². The summed E-state index contributed by atoms with van der Waals surface area (Å²) in [5.74, 6) is 6.10. The number of carbonyl (C=O) groups excluding carboxylic acids is 1. The van der Waals surface area contributed by atoms with Crippen LogP contribution in [0.5, 0.6) is 0 Å². The molecule has 10 nitrogen and oxygen atoms in total. The lowest BCUT2D eigenvalue weighted by atomic mass is 10.1. The van der Waals surface area contributed by atoms with Gasteiger partial charge in [-0.1, -0.05) is 12.8 Å². The van der Waals surface area contributed by atoms with E-state index in [0.29, 0.717) is 39.1 Å². The number of rotatable bonds is 3. The maximum absolute atomic E-state index is 12.8. The Morgan fingerprint density at radius 1 is 1.32 bits per heavy atom. The molecule has 0 spiro atoms. The van der Waals surface area contributed by atoms with Crippen molar-refractivity contribution in [1.29, 1.82) is 0 Å². The monoisotopic (exact) mass is 348 g/mol. The van der Waals surface area contributed by atoms with Crippen molar-refractivity contribution < 1.29 is 9.90 Å². The van der Waals surface area contributed by atoms with Crippen molar-refractivity contribution in [2.24, 2.45) is 0 Å². The van der Waals surface area contributed by atoms with E-state index in [2.05, 4.69) is 43.1 Å². The molecule has 3 unspecified atom stereocenters. The number of hydrogen-bond donors (Lipinski definition) is 3. The zero-order chi connectivity index (χ0) is 17.6. The first-order valence-electron chi connectivity index (χ1n) is 8.55. The number of aliphatic hydroxyl groups excluding tert-OH is 1. The molecule has 136 valence electrons. The maximum Gasteiger partial charge on any atom is 0.241 e. The highest BCUT2D eigenvalue weighted by atomic mass is 16.3. The molecule has 3 rings (SSSR count). The number of β-amino-alcohol motifs (C(OH)–C–C–N with tert-alkyl or cyclic N) is 1. The van der Waals surface area contributed by atoms with Crippen molar-refractivity contribution in [2.45, 2.75) is 38.1 Å². The quantitative estimate of drug-likeness (QED) is 0.536. The number of tetrazole rings is 1. The van der Waals surface area contributed by atoms with Crippen LogP contribution in [-0.4, -0.2) is 85.9 Å². The van der Waals surface area contributed by atoms with Crippen molar-refractivity contribution in [3.8, 4) is 11.8 Å². The number of aromatic nitrogens is 4. The minimum absolute atomic E-state index is 0.0244. The fourth-order valence-electron chi connectivity index (χ4n) is 3.10. The second-order valence-corrected chi connectivity index (χ2v) is 6.26. The largest absolute Gasteiger partial charge is 0.390 e. The number of hydrogen-bond acceptors (Lipinski definition) is 8. The number of amides is 1. The van der Waals surface area contributed by atoms with Crippen LogP contribution in [0, 0.1) is 11.8 Å². The van der Waals surface area contributed by atoms with Crippen LogP contribution in [0.3, 0.4) is 0 Å². The molecule has 25 heavy (non-hydrogen) atoms. The predicted octanol–water partition coefficient (Wildman–Crippen LogP) is -2.04. The Labute approximate surface area is 146 Å². The second kappa shape index (κ2) is 8.35. The minimum atomic E-state index is -0.570. The molecule has 1 aromatic rings. The molecular weight excluding hydrogens is 324 g/mol. The lowest BCUT2D eigenvalue weighted by Crippen LogP contribution is -2.48. The molecule has 0 radical (unpaired) electrons. The third-order valence-electron chi connectivity index (χ3n) is 4.37. The Morgan fingerprint density at radius 3 is 2.96 bits per heavy atom. The topological polar surface area (TPSA) is 111 Å². The molecule has 1 aromatic heterocycles. The molecule has 1 amide bonds. The van der Waals surface area contributed by atoms with Crippen molar-refractivity contribution in [3.63, 3.8) is 0 Å². The summed E-state index contributed by atoms with van der Waals surface area (Å²) < 4.78 is 1.58. The zero-order valence-electron chi connectivity index (χ0n) is 14.3. The summed E-state index contributed by atoms with van der Waals surface area (Å²) in [5.41, 5.74) is 6.04. The minimum Gasteiger partial charge on any atom is -0.390 e. The smallest absolute Gasteiger partial charge is 0.241 e. The van der Waals surface area contributed by atoms with Gasteiger partial charge in [0.05, 0.1) is 12.6 Å². The van der Waals surface area contributed by atoms with E-state index in [1.807, 2.05) is 6.92 Å². The van der Waals surface area contributed by atoms with Crippen LogP contribution in [-0.2, 0) is 4.79 Å². The van der Waals surface area contributed by atoms with Crippen LogP contribution in [0.15, 0.2) is 6.33 Å². The summed E-state index contributed by atoms with van der Waals surface area (Å²) in [6, 6.07) is -0.368. The first-order valence-corrected chi connectivity index (χ1v) is 8.55. The average molecular weight is 348 g/mol. The first-order chi connectivity index (χ1) is 12.2. The summed E-state index contributed by atoms with van der Waals surface area (Å²) in [5, 5.41) is 21.3. The molecule has 3 atom stereocenters. The average Bonchev–Trinajstić information content (AvgIpc) is 3.25. The maximum atomic E-state index is 12.8. The molecule has 2 aliphatic rings. The number of carbonyl (C=O) groups is 1. The van der Waals surface area contributed by atoms with E-state index in [9.17, 15) is 9.90 Å². The molecule has 0 aliphatic carbocycles. The van der Waals surface area contributed by atoms with Crippen LogP contribution in [0.1, 0.15) is 25.9 Å². The summed E-state index contributed by atoms with van der Waals surface area (Å²) in [7, 11) is 0. The Balaban J connectivity index is 1.55. The molecule has 0 saturated carbocycles. The second-order valence-electron chi connectivity index (χ2n) is 6.26. The third kappa shape index (κ3) is 4.52. The van der Waals surface area contributed by atoms with Gasteiger partial charge in [0.15, 0.2) is 0 Å². The highest BCUT2D eigenvalue weighted by Gasteiger charge is 2.35. The van der Waals surface area contributed by atoms with Gasteiger partial charge in [0.1, 0.15) is 18.5 Å². The number of nitrogens with one attached hydrogen (secondary N) is 2. The van der Waals surface area contributed by atoms with Gasteiger partial charge in [-0.3, -0.25) is 9.69 Å². The molecule has 3 heterocycles. The summed E-state index contributed by atoms with van der Waals surface area (Å²) in [6.07, 6.45) is 2.14. The van der Waals surface area contributed by atoms with Crippen molar-refractivity contribution in [3.05, 3.63) is 6.33 Å². The van der Waals surface area contributed by atoms with Crippen LogP contribution in [0.4, 0.5) is 0 Å². The van der Waals surface area contributed by atoms with Gasteiger partial charge in [0, 0.05) is 39.0 Å². The Hall–Kier alpha value is -2.06. The van der Waals surface area contributed by atoms with E-state index < -0.39 is 6.10 Å². The van der Waals surface area contributed by atoms with Gasteiger partial charge in [0.2, 0.25) is 5.91 Å². The van der Waals surface area contributed by atoms with Crippen LogP contribution in [0.2, 0.25) is 0 Å². The van der Waals surface area contributed by atoms with Gasteiger partial charge < -0.3 is 10.0 Å². The molecule has 0 aromatic carbocycles.